The summed E-state index contributed by atoms with van der Waals surface area (Å²) in [5, 5.41) is 14.6. The Hall–Kier alpha value is -2.38. The first kappa shape index (κ1) is 15.0. The van der Waals surface area contributed by atoms with E-state index >= 15 is 0 Å². The molecular formula is C13H14ClN5O2. The molecule has 1 atom stereocenters. The lowest BCUT2D eigenvalue weighted by Crippen LogP contribution is -2.13. The van der Waals surface area contributed by atoms with Gasteiger partial charge in [-0.05, 0) is 24.6 Å². The van der Waals surface area contributed by atoms with E-state index in [2.05, 4.69) is 15.7 Å². The van der Waals surface area contributed by atoms with Gasteiger partial charge in [-0.15, -0.1) is 0 Å². The van der Waals surface area contributed by atoms with E-state index in [9.17, 15) is 10.1 Å². The molecule has 0 amide bonds. The number of hydrogen-bond acceptors (Lipinski definition) is 6. The van der Waals surface area contributed by atoms with Crippen molar-refractivity contribution in [2.75, 3.05) is 10.7 Å². The number of halogens is 1. The number of nitrogen functional groups attached to an aromatic ring is 1. The fourth-order valence-corrected chi connectivity index (χ4v) is 2.19. The minimum Gasteiger partial charge on any atom is -0.358 e. The van der Waals surface area contributed by atoms with Crippen LogP contribution < -0.4 is 16.6 Å². The second-order valence-corrected chi connectivity index (χ2v) is 4.76. The fraction of sp³-hybridized carbons (Fsp3) is 0.154. The molecular weight excluding hydrogens is 294 g/mol. The summed E-state index contributed by atoms with van der Waals surface area (Å²) in [6.45, 7) is 1.84. The summed E-state index contributed by atoms with van der Waals surface area (Å²) in [5.74, 6) is 5.74. The van der Waals surface area contributed by atoms with Crippen molar-refractivity contribution in [1.29, 1.82) is 0 Å². The Morgan fingerprint density at radius 2 is 2.05 bits per heavy atom. The number of nitrogens with two attached hydrogens (primary N) is 1. The SMILES string of the molecule is CC(Nc1nc(NN)ccc1[N+](=O)[O-])c1ccccc1Cl. The van der Waals surface area contributed by atoms with Crippen LogP contribution in [0, 0.1) is 10.1 Å². The van der Waals surface area contributed by atoms with Crippen LogP contribution in [0.5, 0.6) is 0 Å². The monoisotopic (exact) mass is 307 g/mol. The molecule has 0 bridgehead atoms. The lowest BCUT2D eigenvalue weighted by Gasteiger charge is -2.16. The molecule has 2 rings (SSSR count). The van der Waals surface area contributed by atoms with Crippen LogP contribution in [0.1, 0.15) is 18.5 Å². The number of rotatable bonds is 5. The quantitative estimate of drug-likeness (QED) is 0.445. The maximum atomic E-state index is 11.1. The second kappa shape index (κ2) is 6.38. The number of hydrazine groups is 1. The molecule has 1 aromatic carbocycles. The highest BCUT2D eigenvalue weighted by molar-refractivity contribution is 6.31. The van der Waals surface area contributed by atoms with Gasteiger partial charge in [-0.3, -0.25) is 10.1 Å². The summed E-state index contributed by atoms with van der Waals surface area (Å²) >= 11 is 6.12. The van der Waals surface area contributed by atoms with Gasteiger partial charge in [0.1, 0.15) is 5.82 Å². The van der Waals surface area contributed by atoms with Gasteiger partial charge in [-0.2, -0.15) is 0 Å². The van der Waals surface area contributed by atoms with Gasteiger partial charge in [-0.25, -0.2) is 10.8 Å². The highest BCUT2D eigenvalue weighted by atomic mass is 35.5. The second-order valence-electron chi connectivity index (χ2n) is 4.35. The molecule has 0 saturated carbocycles. The Labute approximate surface area is 126 Å². The molecule has 0 aliphatic rings. The van der Waals surface area contributed by atoms with Crippen LogP contribution in [0.3, 0.4) is 0 Å². The minimum absolute atomic E-state index is 0.128. The molecule has 1 aromatic heterocycles. The number of benzene rings is 1. The summed E-state index contributed by atoms with van der Waals surface area (Å²) in [5.41, 5.74) is 3.05. The van der Waals surface area contributed by atoms with Crippen LogP contribution in [0.4, 0.5) is 17.3 Å². The van der Waals surface area contributed by atoms with Gasteiger partial charge in [0.25, 0.3) is 0 Å². The van der Waals surface area contributed by atoms with E-state index in [1.807, 2.05) is 25.1 Å². The summed E-state index contributed by atoms with van der Waals surface area (Å²) in [4.78, 5) is 14.6. The van der Waals surface area contributed by atoms with Crippen LogP contribution in [-0.4, -0.2) is 9.91 Å². The van der Waals surface area contributed by atoms with E-state index in [-0.39, 0.29) is 17.5 Å². The smallest absolute Gasteiger partial charge is 0.311 e. The molecule has 0 aliphatic carbocycles. The number of hydrogen-bond donors (Lipinski definition) is 3. The zero-order valence-electron chi connectivity index (χ0n) is 11.2. The van der Waals surface area contributed by atoms with E-state index in [1.165, 1.54) is 12.1 Å². The third-order valence-electron chi connectivity index (χ3n) is 2.94. The highest BCUT2D eigenvalue weighted by Gasteiger charge is 2.19. The Kier molecular flexibility index (Phi) is 4.56. The number of nitro groups is 1. The van der Waals surface area contributed by atoms with Crippen molar-refractivity contribution < 1.29 is 4.92 Å². The van der Waals surface area contributed by atoms with E-state index in [0.29, 0.717) is 10.8 Å². The summed E-state index contributed by atoms with van der Waals surface area (Å²) < 4.78 is 0. The van der Waals surface area contributed by atoms with Crippen molar-refractivity contribution in [3.05, 3.63) is 57.1 Å². The van der Waals surface area contributed by atoms with Gasteiger partial charge < -0.3 is 10.7 Å². The van der Waals surface area contributed by atoms with E-state index in [0.717, 1.165) is 5.56 Å². The van der Waals surface area contributed by atoms with Crippen molar-refractivity contribution in [3.63, 3.8) is 0 Å². The van der Waals surface area contributed by atoms with Gasteiger partial charge in [0.15, 0.2) is 0 Å². The van der Waals surface area contributed by atoms with Crippen LogP contribution >= 0.6 is 11.6 Å². The zero-order chi connectivity index (χ0) is 15.4. The summed E-state index contributed by atoms with van der Waals surface area (Å²) in [6, 6.07) is 9.79. The van der Waals surface area contributed by atoms with Crippen molar-refractivity contribution in [3.8, 4) is 0 Å². The molecule has 110 valence electrons. The van der Waals surface area contributed by atoms with E-state index in [1.54, 1.807) is 6.07 Å². The Morgan fingerprint density at radius 1 is 1.33 bits per heavy atom. The third kappa shape index (κ3) is 3.39. The molecule has 0 spiro atoms. The molecule has 0 saturated heterocycles. The van der Waals surface area contributed by atoms with Gasteiger partial charge >= 0.3 is 5.69 Å². The molecule has 0 radical (unpaired) electrons. The van der Waals surface area contributed by atoms with Crippen LogP contribution in [0.25, 0.3) is 0 Å². The average molecular weight is 308 g/mol. The van der Waals surface area contributed by atoms with Crippen molar-refractivity contribution in [1.82, 2.24) is 4.98 Å². The minimum atomic E-state index is -0.505. The summed E-state index contributed by atoms with van der Waals surface area (Å²) in [6.07, 6.45) is 0. The van der Waals surface area contributed by atoms with Gasteiger partial charge in [0, 0.05) is 11.1 Å². The van der Waals surface area contributed by atoms with Crippen LogP contribution in [-0.2, 0) is 0 Å². The number of aromatic nitrogens is 1. The standard InChI is InChI=1S/C13H14ClN5O2/c1-8(9-4-2-3-5-10(9)14)16-13-11(19(20)21)6-7-12(17-13)18-15/h2-8H,15H2,1H3,(H2,16,17,18). The van der Waals surface area contributed by atoms with Crippen LogP contribution in [0.15, 0.2) is 36.4 Å². The molecule has 1 unspecified atom stereocenters. The highest BCUT2D eigenvalue weighted by Crippen LogP contribution is 2.30. The molecule has 21 heavy (non-hydrogen) atoms. The van der Waals surface area contributed by atoms with E-state index in [4.69, 9.17) is 17.4 Å². The fourth-order valence-electron chi connectivity index (χ4n) is 1.89. The topological polar surface area (TPSA) is 106 Å². The third-order valence-corrected chi connectivity index (χ3v) is 3.29. The molecule has 4 N–H and O–H groups in total. The Morgan fingerprint density at radius 3 is 2.67 bits per heavy atom. The van der Waals surface area contributed by atoms with Gasteiger partial charge in [0.2, 0.25) is 5.82 Å². The number of anilines is 2. The Bertz CT molecular complexity index is 665. The van der Waals surface area contributed by atoms with Gasteiger partial charge in [-0.1, -0.05) is 29.8 Å². The summed E-state index contributed by atoms with van der Waals surface area (Å²) in [7, 11) is 0. The lowest BCUT2D eigenvalue weighted by atomic mass is 10.1. The number of pyridine rings is 1. The first-order valence-corrected chi connectivity index (χ1v) is 6.53. The van der Waals surface area contributed by atoms with Crippen molar-refractivity contribution in [2.24, 2.45) is 5.84 Å². The predicted octanol–water partition coefficient (Wildman–Crippen LogP) is 3.10. The predicted molar refractivity (Wildman–Crippen MR) is 82.2 cm³/mol. The first-order chi connectivity index (χ1) is 10.0. The van der Waals surface area contributed by atoms with Gasteiger partial charge in [0.05, 0.1) is 11.0 Å². The van der Waals surface area contributed by atoms with Crippen molar-refractivity contribution in [2.45, 2.75) is 13.0 Å². The molecule has 0 fully saturated rings. The maximum absolute atomic E-state index is 11.1. The molecule has 8 heteroatoms. The average Bonchev–Trinajstić information content (AvgIpc) is 2.47. The van der Waals surface area contributed by atoms with Crippen LogP contribution in [0.2, 0.25) is 5.02 Å². The first-order valence-electron chi connectivity index (χ1n) is 6.16. The Balaban J connectivity index is 2.34. The number of nitrogens with zero attached hydrogens (tertiary/aromatic N) is 2. The largest absolute Gasteiger partial charge is 0.358 e. The molecule has 1 heterocycles. The van der Waals surface area contributed by atoms with Crippen molar-refractivity contribution >= 4 is 28.9 Å². The molecule has 0 aliphatic heterocycles. The number of nitrogens with one attached hydrogen (secondary N) is 2. The zero-order valence-corrected chi connectivity index (χ0v) is 12.0. The normalized spacial score (nSPS) is 11.8. The van der Waals surface area contributed by atoms with E-state index < -0.39 is 4.92 Å². The molecule has 2 aromatic rings. The molecule has 7 nitrogen and oxygen atoms in total. The maximum Gasteiger partial charge on any atom is 0.311 e. The lowest BCUT2D eigenvalue weighted by molar-refractivity contribution is -0.384.